The molecular weight excluding hydrogens is 330 g/mol. The lowest BCUT2D eigenvalue weighted by Gasteiger charge is -2.11. The highest BCUT2D eigenvalue weighted by molar-refractivity contribution is 6.31. The van der Waals surface area contributed by atoms with Crippen LogP contribution < -0.4 is 10.1 Å². The zero-order valence-electron chi connectivity index (χ0n) is 13.7. The number of nitrogens with one attached hydrogen (secondary N) is 1. The molecule has 0 aromatic heterocycles. The summed E-state index contributed by atoms with van der Waals surface area (Å²) < 4.78 is 10.2. The van der Waals surface area contributed by atoms with Crippen LogP contribution in [-0.2, 0) is 9.53 Å². The number of carbonyl (C=O) groups excluding carboxylic acids is 2. The minimum Gasteiger partial charge on any atom is -0.495 e. The highest BCUT2D eigenvalue weighted by Gasteiger charge is 2.13. The Balaban J connectivity index is 1.98. The second kappa shape index (κ2) is 7.84. The number of esters is 1. The number of anilines is 1. The molecule has 0 bridgehead atoms. The van der Waals surface area contributed by atoms with E-state index >= 15 is 0 Å². The van der Waals surface area contributed by atoms with E-state index < -0.39 is 18.5 Å². The lowest BCUT2D eigenvalue weighted by molar-refractivity contribution is -0.119. The van der Waals surface area contributed by atoms with Gasteiger partial charge in [-0.25, -0.2) is 4.79 Å². The summed E-state index contributed by atoms with van der Waals surface area (Å²) >= 11 is 5.90. The van der Waals surface area contributed by atoms with E-state index in [4.69, 9.17) is 21.1 Å². The van der Waals surface area contributed by atoms with Crippen LogP contribution in [0.5, 0.6) is 5.75 Å². The molecule has 0 aliphatic heterocycles. The van der Waals surface area contributed by atoms with Crippen molar-refractivity contribution in [2.45, 2.75) is 13.8 Å². The number of benzene rings is 2. The van der Waals surface area contributed by atoms with E-state index in [-0.39, 0.29) is 0 Å². The Morgan fingerprint density at radius 1 is 1.08 bits per heavy atom. The maximum absolute atomic E-state index is 12.0. The quantitative estimate of drug-likeness (QED) is 0.836. The van der Waals surface area contributed by atoms with Crippen LogP contribution in [0.1, 0.15) is 21.5 Å². The van der Waals surface area contributed by atoms with Crippen molar-refractivity contribution in [3.8, 4) is 5.75 Å². The molecule has 0 unspecified atom stereocenters. The van der Waals surface area contributed by atoms with Crippen molar-refractivity contribution in [1.29, 1.82) is 0 Å². The molecule has 5 nitrogen and oxygen atoms in total. The highest BCUT2D eigenvalue weighted by Crippen LogP contribution is 2.27. The van der Waals surface area contributed by atoms with Gasteiger partial charge < -0.3 is 14.8 Å². The van der Waals surface area contributed by atoms with Gasteiger partial charge in [0.15, 0.2) is 6.61 Å². The average Bonchev–Trinajstić information content (AvgIpc) is 2.52. The summed E-state index contributed by atoms with van der Waals surface area (Å²) in [6, 6.07) is 10.2. The van der Waals surface area contributed by atoms with Crippen molar-refractivity contribution in [3.05, 3.63) is 58.1 Å². The molecular formula is C18H18ClNO4. The molecule has 6 heteroatoms. The number of hydrogen-bond donors (Lipinski definition) is 1. The highest BCUT2D eigenvalue weighted by atomic mass is 35.5. The summed E-state index contributed by atoms with van der Waals surface area (Å²) in [5.74, 6) is -0.559. The van der Waals surface area contributed by atoms with Gasteiger partial charge in [-0.2, -0.15) is 0 Å². The Kier molecular flexibility index (Phi) is 5.82. The van der Waals surface area contributed by atoms with Crippen LogP contribution in [0.2, 0.25) is 5.02 Å². The molecule has 0 fully saturated rings. The Hall–Kier alpha value is -2.53. The first kappa shape index (κ1) is 17.8. The minimum absolute atomic E-state index is 0.401. The number of halogens is 1. The van der Waals surface area contributed by atoms with Crippen LogP contribution in [0, 0.1) is 13.8 Å². The van der Waals surface area contributed by atoms with Crippen molar-refractivity contribution < 1.29 is 19.1 Å². The average molecular weight is 348 g/mol. The van der Waals surface area contributed by atoms with Gasteiger partial charge in [-0.05, 0) is 44.2 Å². The molecule has 0 atom stereocenters. The van der Waals surface area contributed by atoms with E-state index in [1.54, 1.807) is 30.3 Å². The first-order chi connectivity index (χ1) is 11.4. The third kappa shape index (κ3) is 4.73. The van der Waals surface area contributed by atoms with Crippen molar-refractivity contribution in [3.63, 3.8) is 0 Å². The molecule has 2 rings (SSSR count). The van der Waals surface area contributed by atoms with Crippen LogP contribution in [-0.4, -0.2) is 25.6 Å². The van der Waals surface area contributed by atoms with E-state index in [9.17, 15) is 9.59 Å². The number of hydrogen-bond acceptors (Lipinski definition) is 4. The molecule has 0 saturated heterocycles. The molecule has 0 spiro atoms. The number of carbonyl (C=O) groups is 2. The van der Waals surface area contributed by atoms with Gasteiger partial charge in [-0.3, -0.25) is 4.79 Å². The summed E-state index contributed by atoms with van der Waals surface area (Å²) in [6.07, 6.45) is 0. The van der Waals surface area contributed by atoms with E-state index in [0.29, 0.717) is 22.0 Å². The smallest absolute Gasteiger partial charge is 0.338 e. The third-order valence-corrected chi connectivity index (χ3v) is 3.46. The largest absolute Gasteiger partial charge is 0.495 e. The molecule has 0 aliphatic carbocycles. The predicted octanol–water partition coefficient (Wildman–Crippen LogP) is 3.76. The first-order valence-electron chi connectivity index (χ1n) is 7.28. The Bertz CT molecular complexity index is 753. The number of aryl methyl sites for hydroxylation is 2. The van der Waals surface area contributed by atoms with Crippen molar-refractivity contribution in [2.24, 2.45) is 0 Å². The number of amides is 1. The van der Waals surface area contributed by atoms with Gasteiger partial charge >= 0.3 is 5.97 Å². The molecule has 126 valence electrons. The summed E-state index contributed by atoms with van der Waals surface area (Å²) in [5, 5.41) is 3.06. The third-order valence-electron chi connectivity index (χ3n) is 3.23. The molecule has 1 N–H and O–H groups in total. The van der Waals surface area contributed by atoms with E-state index in [1.807, 2.05) is 19.9 Å². The summed E-state index contributed by atoms with van der Waals surface area (Å²) in [7, 11) is 1.49. The molecule has 24 heavy (non-hydrogen) atoms. The zero-order chi connectivity index (χ0) is 17.7. The lowest BCUT2D eigenvalue weighted by Crippen LogP contribution is -2.21. The van der Waals surface area contributed by atoms with Crippen molar-refractivity contribution in [1.82, 2.24) is 0 Å². The maximum atomic E-state index is 12.0. The van der Waals surface area contributed by atoms with Crippen LogP contribution in [0.4, 0.5) is 5.69 Å². The van der Waals surface area contributed by atoms with Crippen molar-refractivity contribution in [2.75, 3.05) is 19.0 Å². The predicted molar refractivity (Wildman–Crippen MR) is 92.8 cm³/mol. The monoisotopic (exact) mass is 347 g/mol. The van der Waals surface area contributed by atoms with Gasteiger partial charge in [0, 0.05) is 5.02 Å². The maximum Gasteiger partial charge on any atom is 0.338 e. The van der Waals surface area contributed by atoms with Gasteiger partial charge in [0.25, 0.3) is 5.91 Å². The standard InChI is InChI=1S/C18H18ClNO4/c1-11-6-12(2)8-13(7-11)18(22)24-10-17(21)20-15-9-14(19)4-5-16(15)23-3/h4-9H,10H2,1-3H3,(H,20,21). The number of ether oxygens (including phenoxy) is 2. The molecule has 0 aliphatic rings. The summed E-state index contributed by atoms with van der Waals surface area (Å²) in [4.78, 5) is 24.0. The van der Waals surface area contributed by atoms with E-state index in [2.05, 4.69) is 5.32 Å². The van der Waals surface area contributed by atoms with Crippen LogP contribution >= 0.6 is 11.6 Å². The summed E-state index contributed by atoms with van der Waals surface area (Å²) in [6.45, 7) is 3.38. The molecule has 0 heterocycles. The number of methoxy groups -OCH3 is 1. The second-order valence-electron chi connectivity index (χ2n) is 5.35. The Labute approximate surface area is 145 Å². The lowest BCUT2D eigenvalue weighted by atomic mass is 10.1. The molecule has 0 radical (unpaired) electrons. The molecule has 2 aromatic carbocycles. The van der Waals surface area contributed by atoms with Gasteiger partial charge in [0.05, 0.1) is 18.4 Å². The molecule has 0 saturated carbocycles. The van der Waals surface area contributed by atoms with Gasteiger partial charge in [-0.15, -0.1) is 0 Å². The van der Waals surface area contributed by atoms with Gasteiger partial charge in [0.2, 0.25) is 0 Å². The fourth-order valence-electron chi connectivity index (χ4n) is 2.27. The molecule has 1 amide bonds. The zero-order valence-corrected chi connectivity index (χ0v) is 14.4. The van der Waals surface area contributed by atoms with Crippen LogP contribution in [0.15, 0.2) is 36.4 Å². The normalized spacial score (nSPS) is 10.2. The van der Waals surface area contributed by atoms with Gasteiger partial charge in [0.1, 0.15) is 5.75 Å². The fourth-order valence-corrected chi connectivity index (χ4v) is 2.44. The Morgan fingerprint density at radius 2 is 1.75 bits per heavy atom. The molecule has 2 aromatic rings. The van der Waals surface area contributed by atoms with Crippen molar-refractivity contribution >= 4 is 29.2 Å². The fraction of sp³-hybridized carbons (Fsp3) is 0.222. The van der Waals surface area contributed by atoms with Crippen LogP contribution in [0.3, 0.4) is 0 Å². The van der Waals surface area contributed by atoms with E-state index in [0.717, 1.165) is 11.1 Å². The minimum atomic E-state index is -0.546. The second-order valence-corrected chi connectivity index (χ2v) is 5.78. The SMILES string of the molecule is COc1ccc(Cl)cc1NC(=O)COC(=O)c1cc(C)cc(C)c1. The van der Waals surface area contributed by atoms with E-state index in [1.165, 1.54) is 7.11 Å². The summed E-state index contributed by atoms with van der Waals surface area (Å²) in [5.41, 5.74) is 2.74. The van der Waals surface area contributed by atoms with Crippen LogP contribution in [0.25, 0.3) is 0 Å². The van der Waals surface area contributed by atoms with Gasteiger partial charge in [-0.1, -0.05) is 28.8 Å². The first-order valence-corrected chi connectivity index (χ1v) is 7.65. The number of rotatable bonds is 5. The Morgan fingerprint density at radius 3 is 2.38 bits per heavy atom. The topological polar surface area (TPSA) is 64.6 Å².